The monoisotopic (exact) mass is 433 g/mol. The molecule has 3 rings (SSSR count). The normalized spacial score (nSPS) is 11.6. The van der Waals surface area contributed by atoms with Crippen LogP contribution in [0, 0.1) is 6.92 Å². The van der Waals surface area contributed by atoms with Crippen molar-refractivity contribution in [2.24, 2.45) is 5.16 Å². The Morgan fingerprint density at radius 2 is 1.73 bits per heavy atom. The molecule has 0 fully saturated rings. The molecular formula is C22H18F3NO3S. The van der Waals surface area contributed by atoms with E-state index >= 15 is 0 Å². The summed E-state index contributed by atoms with van der Waals surface area (Å²) in [4.78, 5) is 18.9. The summed E-state index contributed by atoms with van der Waals surface area (Å²) in [6.07, 6.45) is -2.88. The molecule has 0 unspecified atom stereocenters. The fourth-order valence-electron chi connectivity index (χ4n) is 2.45. The van der Waals surface area contributed by atoms with Gasteiger partial charge in [0.25, 0.3) is 0 Å². The maximum absolute atomic E-state index is 12.5. The van der Waals surface area contributed by atoms with Crippen LogP contribution < -0.4 is 4.74 Å². The Bertz CT molecular complexity index is 1010. The third-order valence-electron chi connectivity index (χ3n) is 4.05. The average molecular weight is 433 g/mol. The van der Waals surface area contributed by atoms with Crippen LogP contribution in [0.1, 0.15) is 31.2 Å². The van der Waals surface area contributed by atoms with Crippen molar-refractivity contribution in [1.82, 2.24) is 0 Å². The molecule has 0 amide bonds. The SMILES string of the molecule is Cc1ccc(C(=O)COc2ccc(/C=N/OCc3ccc(C(F)(F)F)cc3)cc2)s1. The van der Waals surface area contributed by atoms with Crippen LogP contribution in [0.25, 0.3) is 0 Å². The number of benzene rings is 2. The molecule has 0 saturated heterocycles. The summed E-state index contributed by atoms with van der Waals surface area (Å²) in [5.74, 6) is 0.481. The first-order valence-corrected chi connectivity index (χ1v) is 9.77. The number of aryl methyl sites for hydroxylation is 1. The van der Waals surface area contributed by atoms with Gasteiger partial charge in [0.1, 0.15) is 12.4 Å². The summed E-state index contributed by atoms with van der Waals surface area (Å²) in [5.41, 5.74) is 0.619. The number of oxime groups is 1. The fourth-order valence-corrected chi connectivity index (χ4v) is 3.25. The van der Waals surface area contributed by atoms with E-state index in [0.29, 0.717) is 16.2 Å². The Morgan fingerprint density at radius 1 is 1.03 bits per heavy atom. The van der Waals surface area contributed by atoms with Gasteiger partial charge in [-0.05, 0) is 66.6 Å². The molecule has 156 valence electrons. The number of nitrogens with zero attached hydrogens (tertiary/aromatic N) is 1. The van der Waals surface area contributed by atoms with Gasteiger partial charge in [0.2, 0.25) is 5.78 Å². The fraction of sp³-hybridized carbons (Fsp3) is 0.182. The van der Waals surface area contributed by atoms with Crippen molar-refractivity contribution < 1.29 is 27.5 Å². The number of carbonyl (C=O) groups excluding carboxylic acids is 1. The van der Waals surface area contributed by atoms with Crippen LogP contribution in [0.5, 0.6) is 5.75 Å². The zero-order valence-corrected chi connectivity index (χ0v) is 16.8. The molecule has 4 nitrogen and oxygen atoms in total. The topological polar surface area (TPSA) is 47.9 Å². The number of rotatable bonds is 8. The van der Waals surface area contributed by atoms with Gasteiger partial charge in [-0.1, -0.05) is 17.3 Å². The first-order chi connectivity index (χ1) is 14.3. The first kappa shape index (κ1) is 21.6. The minimum Gasteiger partial charge on any atom is -0.485 e. The summed E-state index contributed by atoms with van der Waals surface area (Å²) >= 11 is 1.43. The highest BCUT2D eigenvalue weighted by atomic mass is 32.1. The van der Waals surface area contributed by atoms with Crippen molar-refractivity contribution in [3.05, 3.63) is 87.1 Å². The molecular weight excluding hydrogens is 415 g/mol. The maximum Gasteiger partial charge on any atom is 0.416 e. The van der Waals surface area contributed by atoms with E-state index in [9.17, 15) is 18.0 Å². The molecule has 0 bridgehead atoms. The quantitative estimate of drug-likeness (QED) is 0.253. The first-order valence-electron chi connectivity index (χ1n) is 8.95. The Kier molecular flexibility index (Phi) is 6.89. The highest BCUT2D eigenvalue weighted by Gasteiger charge is 2.29. The number of alkyl halides is 3. The van der Waals surface area contributed by atoms with Crippen LogP contribution in [0.4, 0.5) is 13.2 Å². The van der Waals surface area contributed by atoms with Crippen LogP contribution in [0.2, 0.25) is 0 Å². The lowest BCUT2D eigenvalue weighted by atomic mass is 10.1. The van der Waals surface area contributed by atoms with Crippen molar-refractivity contribution in [3.8, 4) is 5.75 Å². The molecule has 0 radical (unpaired) electrons. The molecule has 0 spiro atoms. The van der Waals surface area contributed by atoms with Crippen molar-refractivity contribution in [2.75, 3.05) is 6.61 Å². The van der Waals surface area contributed by atoms with Crippen molar-refractivity contribution in [1.29, 1.82) is 0 Å². The van der Waals surface area contributed by atoms with Crippen LogP contribution in [-0.4, -0.2) is 18.6 Å². The third-order valence-corrected chi connectivity index (χ3v) is 5.10. The molecule has 30 heavy (non-hydrogen) atoms. The second-order valence-electron chi connectivity index (χ2n) is 6.39. The zero-order chi connectivity index (χ0) is 21.6. The van der Waals surface area contributed by atoms with Gasteiger partial charge in [-0.25, -0.2) is 0 Å². The number of ether oxygens (including phenoxy) is 1. The molecule has 0 aliphatic carbocycles. The van der Waals surface area contributed by atoms with E-state index < -0.39 is 11.7 Å². The van der Waals surface area contributed by atoms with E-state index in [1.54, 1.807) is 30.3 Å². The summed E-state index contributed by atoms with van der Waals surface area (Å²) in [7, 11) is 0. The average Bonchev–Trinajstić information content (AvgIpc) is 3.16. The lowest BCUT2D eigenvalue weighted by Crippen LogP contribution is -2.10. The van der Waals surface area contributed by atoms with Crippen molar-refractivity contribution >= 4 is 23.3 Å². The molecule has 0 atom stereocenters. The van der Waals surface area contributed by atoms with Crippen LogP contribution in [0.3, 0.4) is 0 Å². The third kappa shape index (κ3) is 6.18. The Balaban J connectivity index is 1.44. The van der Waals surface area contributed by atoms with Crippen molar-refractivity contribution in [3.63, 3.8) is 0 Å². The van der Waals surface area contributed by atoms with Crippen LogP contribution in [0.15, 0.2) is 65.8 Å². The highest BCUT2D eigenvalue weighted by Crippen LogP contribution is 2.29. The number of ketones is 1. The minimum atomic E-state index is -4.36. The lowest BCUT2D eigenvalue weighted by molar-refractivity contribution is -0.137. The van der Waals surface area contributed by atoms with Crippen LogP contribution in [-0.2, 0) is 17.6 Å². The van der Waals surface area contributed by atoms with Gasteiger partial charge in [-0.3, -0.25) is 4.79 Å². The second kappa shape index (κ2) is 9.58. The Morgan fingerprint density at radius 3 is 2.33 bits per heavy atom. The molecule has 8 heteroatoms. The predicted octanol–water partition coefficient (Wildman–Crippen LogP) is 5.89. The molecule has 0 aliphatic heterocycles. The van der Waals surface area contributed by atoms with E-state index in [2.05, 4.69) is 5.16 Å². The molecule has 2 aromatic carbocycles. The van der Waals surface area contributed by atoms with Crippen LogP contribution >= 0.6 is 11.3 Å². The maximum atomic E-state index is 12.5. The van der Waals surface area contributed by atoms with E-state index in [0.717, 1.165) is 22.6 Å². The smallest absolute Gasteiger partial charge is 0.416 e. The standard InChI is InChI=1S/C22H18F3NO3S/c1-15-2-11-21(30-15)20(27)14-28-19-9-5-16(6-10-19)12-26-29-13-17-3-7-18(8-4-17)22(23,24)25/h2-12H,13-14H2,1H3/b26-12+. The molecule has 0 saturated carbocycles. The Labute approximate surface area is 175 Å². The van der Waals surface area contributed by atoms with Gasteiger partial charge in [-0.2, -0.15) is 13.2 Å². The summed E-state index contributed by atoms with van der Waals surface area (Å²) < 4.78 is 43.1. The molecule has 1 aromatic heterocycles. The minimum absolute atomic E-state index is 0.0381. The van der Waals surface area contributed by atoms with Crippen molar-refractivity contribution in [2.45, 2.75) is 19.7 Å². The molecule has 1 heterocycles. The van der Waals surface area contributed by atoms with E-state index in [1.807, 2.05) is 13.0 Å². The molecule has 0 aliphatic rings. The Hall–Kier alpha value is -3.13. The van der Waals surface area contributed by atoms with Gasteiger partial charge < -0.3 is 9.57 Å². The number of hydrogen-bond acceptors (Lipinski definition) is 5. The van der Waals surface area contributed by atoms with E-state index in [4.69, 9.17) is 9.57 Å². The van der Waals surface area contributed by atoms with E-state index in [-0.39, 0.29) is 19.0 Å². The lowest BCUT2D eigenvalue weighted by Gasteiger charge is -2.07. The van der Waals surface area contributed by atoms with Gasteiger partial charge in [0.05, 0.1) is 16.7 Å². The second-order valence-corrected chi connectivity index (χ2v) is 7.68. The summed E-state index contributed by atoms with van der Waals surface area (Å²) in [6, 6.07) is 15.3. The predicted molar refractivity (Wildman–Crippen MR) is 109 cm³/mol. The number of thiophene rings is 1. The number of halogens is 3. The summed E-state index contributed by atoms with van der Waals surface area (Å²) in [5, 5.41) is 3.81. The zero-order valence-electron chi connectivity index (χ0n) is 16.0. The highest BCUT2D eigenvalue weighted by molar-refractivity contribution is 7.14. The largest absolute Gasteiger partial charge is 0.485 e. The molecule has 3 aromatic rings. The van der Waals surface area contributed by atoms with Gasteiger partial charge >= 0.3 is 6.18 Å². The molecule has 0 N–H and O–H groups in total. The van der Waals surface area contributed by atoms with Gasteiger partial charge in [0.15, 0.2) is 6.61 Å². The summed E-state index contributed by atoms with van der Waals surface area (Å²) in [6.45, 7) is 1.96. The van der Waals surface area contributed by atoms with E-state index in [1.165, 1.54) is 29.7 Å². The number of Topliss-reactive ketones (excluding diaryl/α,β-unsaturated/α-hetero) is 1. The number of hydrogen-bond donors (Lipinski definition) is 0. The van der Waals surface area contributed by atoms with Gasteiger partial charge in [0, 0.05) is 4.88 Å². The number of carbonyl (C=O) groups is 1. The van der Waals surface area contributed by atoms with Gasteiger partial charge in [-0.15, -0.1) is 11.3 Å².